The van der Waals surface area contributed by atoms with Gasteiger partial charge in [0.1, 0.15) is 0 Å². The minimum absolute atomic E-state index is 0.126. The van der Waals surface area contributed by atoms with Crippen molar-refractivity contribution in [1.82, 2.24) is 19.7 Å². The summed E-state index contributed by atoms with van der Waals surface area (Å²) in [4.78, 5) is 19.6. The molecule has 0 bridgehead atoms. The largest absolute Gasteiger partial charge is 0.322 e. The van der Waals surface area contributed by atoms with Crippen LogP contribution in [0.1, 0.15) is 35.3 Å². The number of aryl methyl sites for hydroxylation is 2. The molecular formula is C28H31N5O. The fourth-order valence-corrected chi connectivity index (χ4v) is 4.82. The molecule has 0 aliphatic carbocycles. The first kappa shape index (κ1) is 22.3. The quantitative estimate of drug-likeness (QED) is 0.425. The van der Waals surface area contributed by atoms with Gasteiger partial charge in [0, 0.05) is 41.1 Å². The van der Waals surface area contributed by atoms with Gasteiger partial charge in [0.15, 0.2) is 0 Å². The van der Waals surface area contributed by atoms with Crippen molar-refractivity contribution in [2.24, 2.45) is 5.92 Å². The van der Waals surface area contributed by atoms with E-state index in [0.29, 0.717) is 5.56 Å². The number of pyridine rings is 1. The number of benzene rings is 2. The number of likely N-dealkylation sites (tertiary alicyclic amines) is 1. The lowest BCUT2D eigenvalue weighted by atomic mass is 9.94. The van der Waals surface area contributed by atoms with E-state index in [-0.39, 0.29) is 5.91 Å². The number of aromatic nitrogens is 3. The van der Waals surface area contributed by atoms with Gasteiger partial charge in [0.05, 0.1) is 11.2 Å². The lowest BCUT2D eigenvalue weighted by Crippen LogP contribution is -2.30. The third-order valence-corrected chi connectivity index (χ3v) is 6.90. The molecule has 1 aliphatic rings. The van der Waals surface area contributed by atoms with Crippen LogP contribution in [0.4, 0.5) is 5.69 Å². The molecule has 0 unspecified atom stereocenters. The first-order valence-corrected chi connectivity index (χ1v) is 12.0. The Kier molecular flexibility index (Phi) is 6.41. The zero-order valence-corrected chi connectivity index (χ0v) is 19.9. The summed E-state index contributed by atoms with van der Waals surface area (Å²) in [6.07, 6.45) is 7.21. The van der Waals surface area contributed by atoms with Gasteiger partial charge in [0.25, 0.3) is 5.91 Å². The van der Waals surface area contributed by atoms with E-state index in [1.54, 1.807) is 12.4 Å². The van der Waals surface area contributed by atoms with Gasteiger partial charge in [-0.25, -0.2) is 0 Å². The molecule has 1 fully saturated rings. The normalized spacial score (nSPS) is 15.0. The number of carbonyl (C=O) groups is 1. The number of piperidine rings is 1. The highest BCUT2D eigenvalue weighted by molar-refractivity contribution is 6.05. The molecule has 2 aromatic carbocycles. The molecule has 0 radical (unpaired) electrons. The van der Waals surface area contributed by atoms with E-state index in [1.807, 2.05) is 48.5 Å². The average molecular weight is 454 g/mol. The van der Waals surface area contributed by atoms with Crippen LogP contribution in [0.25, 0.3) is 22.0 Å². The van der Waals surface area contributed by atoms with Gasteiger partial charge in [-0.3, -0.25) is 14.5 Å². The van der Waals surface area contributed by atoms with Gasteiger partial charge in [-0.15, -0.1) is 0 Å². The summed E-state index contributed by atoms with van der Waals surface area (Å²) in [7, 11) is 2.20. The Morgan fingerprint density at radius 1 is 1.06 bits per heavy atom. The molecule has 0 atom stereocenters. The lowest BCUT2D eigenvalue weighted by Gasteiger charge is -2.28. The Hall–Kier alpha value is -3.51. The van der Waals surface area contributed by atoms with Crippen molar-refractivity contribution in [3.8, 4) is 11.1 Å². The van der Waals surface area contributed by atoms with E-state index in [0.717, 1.165) is 52.3 Å². The molecule has 34 heavy (non-hydrogen) atoms. The van der Waals surface area contributed by atoms with Crippen molar-refractivity contribution < 1.29 is 4.79 Å². The predicted molar refractivity (Wildman–Crippen MR) is 137 cm³/mol. The standard InChI is InChI=1S/C28H31N5O/c1-20-26-9-8-25(18-27(26)33(31-20)16-12-21-10-14-32(2)15-11-21)30-28(34)23-6-3-5-22(17-23)24-7-4-13-29-19-24/h3-9,13,17-19,21H,10-12,14-16H2,1-2H3,(H,30,34). The maximum atomic E-state index is 13.0. The Morgan fingerprint density at radius 2 is 1.88 bits per heavy atom. The molecule has 1 aliphatic heterocycles. The van der Waals surface area contributed by atoms with E-state index in [1.165, 1.54) is 25.9 Å². The van der Waals surface area contributed by atoms with E-state index in [4.69, 9.17) is 5.10 Å². The van der Waals surface area contributed by atoms with Gasteiger partial charge in [0.2, 0.25) is 0 Å². The van der Waals surface area contributed by atoms with E-state index < -0.39 is 0 Å². The second kappa shape index (κ2) is 9.77. The van der Waals surface area contributed by atoms with Gasteiger partial charge < -0.3 is 10.2 Å². The Labute approximate surface area is 200 Å². The Balaban J connectivity index is 1.32. The second-order valence-corrected chi connectivity index (χ2v) is 9.35. The summed E-state index contributed by atoms with van der Waals surface area (Å²) in [5.41, 5.74) is 5.47. The first-order chi connectivity index (χ1) is 16.6. The van der Waals surface area contributed by atoms with E-state index >= 15 is 0 Å². The molecule has 0 saturated carbocycles. The van der Waals surface area contributed by atoms with Crippen molar-refractivity contribution in [3.63, 3.8) is 0 Å². The molecule has 1 saturated heterocycles. The number of nitrogens with one attached hydrogen (secondary N) is 1. The Morgan fingerprint density at radius 3 is 2.68 bits per heavy atom. The zero-order valence-electron chi connectivity index (χ0n) is 19.9. The summed E-state index contributed by atoms with van der Waals surface area (Å²) in [6, 6.07) is 17.6. The van der Waals surface area contributed by atoms with Crippen LogP contribution in [-0.2, 0) is 6.54 Å². The number of hydrogen-bond donors (Lipinski definition) is 1. The molecule has 3 heterocycles. The van der Waals surface area contributed by atoms with Crippen LogP contribution >= 0.6 is 0 Å². The number of anilines is 1. The predicted octanol–water partition coefficient (Wildman–Crippen LogP) is 5.39. The minimum atomic E-state index is -0.126. The molecule has 1 amide bonds. The van der Waals surface area contributed by atoms with E-state index in [9.17, 15) is 4.79 Å². The average Bonchev–Trinajstić information content (AvgIpc) is 3.19. The minimum Gasteiger partial charge on any atom is -0.322 e. The van der Waals surface area contributed by atoms with Crippen molar-refractivity contribution >= 4 is 22.5 Å². The maximum Gasteiger partial charge on any atom is 0.255 e. The van der Waals surface area contributed by atoms with Crippen LogP contribution in [0.2, 0.25) is 0 Å². The topological polar surface area (TPSA) is 63.1 Å². The van der Waals surface area contributed by atoms with Gasteiger partial charge in [-0.2, -0.15) is 5.10 Å². The monoisotopic (exact) mass is 453 g/mol. The summed E-state index contributed by atoms with van der Waals surface area (Å²) in [6.45, 7) is 5.32. The SMILES string of the molecule is Cc1nn(CCC2CCN(C)CC2)c2cc(NC(=O)c3cccc(-c4cccnc4)c3)ccc12. The van der Waals surface area contributed by atoms with Crippen LogP contribution in [-0.4, -0.2) is 45.7 Å². The van der Waals surface area contributed by atoms with Gasteiger partial charge >= 0.3 is 0 Å². The first-order valence-electron chi connectivity index (χ1n) is 12.0. The third-order valence-electron chi connectivity index (χ3n) is 6.90. The number of carbonyl (C=O) groups excluding carboxylic acids is 1. The molecule has 1 N–H and O–H groups in total. The van der Waals surface area contributed by atoms with E-state index in [2.05, 4.69) is 39.9 Å². The molecule has 2 aromatic heterocycles. The van der Waals surface area contributed by atoms with Crippen LogP contribution in [0, 0.1) is 12.8 Å². The summed E-state index contributed by atoms with van der Waals surface area (Å²) >= 11 is 0. The van der Waals surface area contributed by atoms with Crippen molar-refractivity contribution in [2.75, 3.05) is 25.5 Å². The molecule has 6 heteroatoms. The van der Waals surface area contributed by atoms with Crippen LogP contribution in [0.15, 0.2) is 67.0 Å². The second-order valence-electron chi connectivity index (χ2n) is 9.35. The number of amides is 1. The number of fused-ring (bicyclic) bond motifs is 1. The van der Waals surface area contributed by atoms with Crippen molar-refractivity contribution in [2.45, 2.75) is 32.7 Å². The smallest absolute Gasteiger partial charge is 0.255 e. The lowest BCUT2D eigenvalue weighted by molar-refractivity contribution is 0.102. The summed E-state index contributed by atoms with van der Waals surface area (Å²) < 4.78 is 2.11. The van der Waals surface area contributed by atoms with Crippen molar-refractivity contribution in [3.05, 3.63) is 78.2 Å². The highest BCUT2D eigenvalue weighted by Crippen LogP contribution is 2.26. The van der Waals surface area contributed by atoms with Crippen molar-refractivity contribution in [1.29, 1.82) is 0 Å². The number of nitrogens with zero attached hydrogens (tertiary/aromatic N) is 4. The third kappa shape index (κ3) is 4.87. The summed E-state index contributed by atoms with van der Waals surface area (Å²) in [5.74, 6) is 0.630. The molecule has 0 spiro atoms. The zero-order chi connectivity index (χ0) is 23.5. The number of hydrogen-bond acceptors (Lipinski definition) is 4. The summed E-state index contributed by atoms with van der Waals surface area (Å²) in [5, 5.41) is 9.01. The van der Waals surface area contributed by atoms with Crippen LogP contribution in [0.3, 0.4) is 0 Å². The maximum absolute atomic E-state index is 13.0. The molecule has 174 valence electrons. The highest BCUT2D eigenvalue weighted by atomic mass is 16.1. The molecule has 5 rings (SSSR count). The van der Waals surface area contributed by atoms with Gasteiger partial charge in [-0.05, 0) is 94.2 Å². The van der Waals surface area contributed by atoms with Gasteiger partial charge in [-0.1, -0.05) is 18.2 Å². The fraction of sp³-hybridized carbons (Fsp3) is 0.321. The number of rotatable bonds is 6. The van der Waals surface area contributed by atoms with Crippen LogP contribution < -0.4 is 5.32 Å². The van der Waals surface area contributed by atoms with Crippen LogP contribution in [0.5, 0.6) is 0 Å². The molecular weight excluding hydrogens is 422 g/mol. The highest BCUT2D eigenvalue weighted by Gasteiger charge is 2.18. The molecule has 4 aromatic rings. The Bertz CT molecular complexity index is 1290. The fourth-order valence-electron chi connectivity index (χ4n) is 4.82. The molecule has 6 nitrogen and oxygen atoms in total.